The molecule has 0 bridgehead atoms. The highest BCUT2D eigenvalue weighted by Gasteiger charge is 2.22. The summed E-state index contributed by atoms with van der Waals surface area (Å²) < 4.78 is 5.17. The second-order valence-corrected chi connectivity index (χ2v) is 6.82. The lowest BCUT2D eigenvalue weighted by molar-refractivity contribution is 0.0944. The van der Waals surface area contributed by atoms with Gasteiger partial charge < -0.3 is 15.0 Å². The number of nitrogens with one attached hydrogen (secondary N) is 1. The monoisotopic (exact) mass is 354 g/mol. The number of anilines is 1. The molecule has 1 N–H and O–H groups in total. The zero-order chi connectivity index (χ0) is 18.5. The van der Waals surface area contributed by atoms with Gasteiger partial charge in [-0.25, -0.2) is 9.97 Å². The number of aryl methyl sites for hydroxylation is 2. The van der Waals surface area contributed by atoms with Crippen LogP contribution in [0.2, 0.25) is 0 Å². The molecule has 6 heteroatoms. The van der Waals surface area contributed by atoms with Gasteiger partial charge in [0.1, 0.15) is 5.75 Å². The third kappa shape index (κ3) is 4.50. The van der Waals surface area contributed by atoms with E-state index in [1.165, 1.54) is 0 Å². The number of amides is 1. The molecule has 6 nitrogen and oxygen atoms in total. The number of carbonyl (C=O) groups excluding carboxylic acids is 1. The number of ether oxygens (including phenoxy) is 1. The second-order valence-electron chi connectivity index (χ2n) is 6.82. The maximum atomic E-state index is 12.3. The van der Waals surface area contributed by atoms with Crippen molar-refractivity contribution in [3.05, 3.63) is 47.3 Å². The van der Waals surface area contributed by atoms with Crippen molar-refractivity contribution in [2.45, 2.75) is 26.7 Å². The third-order valence-electron chi connectivity index (χ3n) is 4.75. The summed E-state index contributed by atoms with van der Waals surface area (Å²) in [4.78, 5) is 23.6. The Kier molecular flexibility index (Phi) is 5.71. The molecule has 3 rings (SSSR count). The van der Waals surface area contributed by atoms with E-state index in [0.29, 0.717) is 23.8 Å². The van der Waals surface area contributed by atoms with Crippen LogP contribution in [0.25, 0.3) is 0 Å². The lowest BCUT2D eigenvalue weighted by Gasteiger charge is -2.32. The number of hydrogen-bond acceptors (Lipinski definition) is 5. The lowest BCUT2D eigenvalue weighted by atomic mass is 9.97. The number of aromatic nitrogens is 2. The van der Waals surface area contributed by atoms with E-state index >= 15 is 0 Å². The molecule has 1 aliphatic rings. The highest BCUT2D eigenvalue weighted by Crippen LogP contribution is 2.21. The number of hydrogen-bond donors (Lipinski definition) is 1. The Balaban J connectivity index is 1.50. The molecule has 1 aromatic heterocycles. The van der Waals surface area contributed by atoms with Crippen LogP contribution in [0.1, 0.15) is 34.6 Å². The van der Waals surface area contributed by atoms with Crippen molar-refractivity contribution in [1.82, 2.24) is 15.3 Å². The number of nitrogens with zero attached hydrogens (tertiary/aromatic N) is 3. The molecule has 1 amide bonds. The highest BCUT2D eigenvalue weighted by atomic mass is 16.5. The first-order valence-corrected chi connectivity index (χ1v) is 9.04. The second kappa shape index (κ2) is 8.17. The van der Waals surface area contributed by atoms with Crippen LogP contribution < -0.4 is 15.0 Å². The number of rotatable bonds is 5. The van der Waals surface area contributed by atoms with Gasteiger partial charge in [-0.1, -0.05) is 6.07 Å². The van der Waals surface area contributed by atoms with E-state index in [1.807, 2.05) is 32.0 Å². The van der Waals surface area contributed by atoms with Crippen molar-refractivity contribution in [1.29, 1.82) is 0 Å². The predicted molar refractivity (Wildman–Crippen MR) is 102 cm³/mol. The van der Waals surface area contributed by atoms with E-state index in [9.17, 15) is 4.79 Å². The molecule has 26 heavy (non-hydrogen) atoms. The first-order chi connectivity index (χ1) is 12.5. The van der Waals surface area contributed by atoms with Crippen molar-refractivity contribution in [2.24, 2.45) is 5.92 Å². The Hall–Kier alpha value is -2.63. The van der Waals surface area contributed by atoms with E-state index < -0.39 is 0 Å². The van der Waals surface area contributed by atoms with Gasteiger partial charge in [0.05, 0.1) is 7.11 Å². The SMILES string of the molecule is COc1cccc(C(=O)NCC2CCN(c3nc(C)cc(C)n3)CC2)c1. The van der Waals surface area contributed by atoms with Crippen LogP contribution in [0, 0.1) is 19.8 Å². The van der Waals surface area contributed by atoms with E-state index in [1.54, 1.807) is 19.2 Å². The zero-order valence-corrected chi connectivity index (χ0v) is 15.7. The molecule has 0 unspecified atom stereocenters. The van der Waals surface area contributed by atoms with Gasteiger partial charge in [-0.15, -0.1) is 0 Å². The summed E-state index contributed by atoms with van der Waals surface area (Å²) in [5.74, 6) is 1.94. The molecule has 1 saturated heterocycles. The summed E-state index contributed by atoms with van der Waals surface area (Å²) in [6.07, 6.45) is 2.05. The molecule has 2 aromatic rings. The number of methoxy groups -OCH3 is 1. The minimum atomic E-state index is -0.0519. The van der Waals surface area contributed by atoms with Crippen LogP contribution in [0.15, 0.2) is 30.3 Å². The Morgan fingerprint density at radius 1 is 1.19 bits per heavy atom. The fraction of sp³-hybridized carbons (Fsp3) is 0.450. The Labute approximate surface area is 154 Å². The van der Waals surface area contributed by atoms with Crippen molar-refractivity contribution in [3.8, 4) is 5.75 Å². The van der Waals surface area contributed by atoms with E-state index in [4.69, 9.17) is 4.74 Å². The molecule has 1 fully saturated rings. The van der Waals surface area contributed by atoms with Gasteiger partial charge in [-0.2, -0.15) is 0 Å². The molecule has 0 spiro atoms. The Morgan fingerprint density at radius 3 is 2.54 bits per heavy atom. The van der Waals surface area contributed by atoms with Crippen LogP contribution in [-0.2, 0) is 0 Å². The minimum absolute atomic E-state index is 0.0519. The fourth-order valence-electron chi connectivity index (χ4n) is 3.29. The fourth-order valence-corrected chi connectivity index (χ4v) is 3.29. The van der Waals surface area contributed by atoms with Crippen molar-refractivity contribution in [3.63, 3.8) is 0 Å². The van der Waals surface area contributed by atoms with Gasteiger partial charge in [0.25, 0.3) is 5.91 Å². The van der Waals surface area contributed by atoms with Crippen LogP contribution in [0.3, 0.4) is 0 Å². The Bertz CT molecular complexity index is 750. The molecule has 0 saturated carbocycles. The third-order valence-corrected chi connectivity index (χ3v) is 4.75. The van der Waals surface area contributed by atoms with Crippen molar-refractivity contribution < 1.29 is 9.53 Å². The van der Waals surface area contributed by atoms with Crippen molar-refractivity contribution >= 4 is 11.9 Å². The summed E-state index contributed by atoms with van der Waals surface area (Å²) in [5, 5.41) is 3.05. The Morgan fingerprint density at radius 2 is 1.88 bits per heavy atom. The van der Waals surface area contributed by atoms with Crippen LogP contribution in [-0.4, -0.2) is 42.6 Å². The van der Waals surface area contributed by atoms with Gasteiger partial charge in [-0.05, 0) is 56.9 Å². The van der Waals surface area contributed by atoms with Gasteiger partial charge >= 0.3 is 0 Å². The van der Waals surface area contributed by atoms with Crippen molar-refractivity contribution in [2.75, 3.05) is 31.6 Å². The predicted octanol–water partition coefficient (Wildman–Crippen LogP) is 2.75. The molecule has 0 aliphatic carbocycles. The van der Waals surface area contributed by atoms with Gasteiger partial charge in [0.15, 0.2) is 0 Å². The van der Waals surface area contributed by atoms with Crippen LogP contribution in [0.5, 0.6) is 5.75 Å². The summed E-state index contributed by atoms with van der Waals surface area (Å²) in [7, 11) is 1.60. The first kappa shape index (κ1) is 18.2. The smallest absolute Gasteiger partial charge is 0.251 e. The molecule has 138 valence electrons. The molecule has 1 aliphatic heterocycles. The maximum Gasteiger partial charge on any atom is 0.251 e. The summed E-state index contributed by atoms with van der Waals surface area (Å²) in [5.41, 5.74) is 2.63. The van der Waals surface area contributed by atoms with Gasteiger partial charge in [0, 0.05) is 36.6 Å². The number of benzene rings is 1. The van der Waals surface area contributed by atoms with Gasteiger partial charge in [-0.3, -0.25) is 4.79 Å². The topological polar surface area (TPSA) is 67.3 Å². The molecule has 2 heterocycles. The van der Waals surface area contributed by atoms with Crippen LogP contribution in [0.4, 0.5) is 5.95 Å². The van der Waals surface area contributed by atoms with E-state index in [-0.39, 0.29) is 5.91 Å². The van der Waals surface area contributed by atoms with E-state index in [0.717, 1.165) is 43.3 Å². The highest BCUT2D eigenvalue weighted by molar-refractivity contribution is 5.94. The number of carbonyl (C=O) groups is 1. The van der Waals surface area contributed by atoms with E-state index in [2.05, 4.69) is 20.2 Å². The summed E-state index contributed by atoms with van der Waals surface area (Å²) in [6.45, 7) is 6.53. The van der Waals surface area contributed by atoms with Crippen LogP contribution >= 0.6 is 0 Å². The minimum Gasteiger partial charge on any atom is -0.497 e. The number of piperidine rings is 1. The lowest BCUT2D eigenvalue weighted by Crippen LogP contribution is -2.39. The molecule has 1 aromatic carbocycles. The molecular weight excluding hydrogens is 328 g/mol. The zero-order valence-electron chi connectivity index (χ0n) is 15.7. The molecule has 0 atom stereocenters. The normalized spacial score (nSPS) is 15.0. The largest absolute Gasteiger partial charge is 0.497 e. The average molecular weight is 354 g/mol. The summed E-state index contributed by atoms with van der Waals surface area (Å²) >= 11 is 0. The first-order valence-electron chi connectivity index (χ1n) is 9.04. The quantitative estimate of drug-likeness (QED) is 0.894. The molecular formula is C20H26N4O2. The molecule has 0 radical (unpaired) electrons. The average Bonchev–Trinajstić information content (AvgIpc) is 2.65. The maximum absolute atomic E-state index is 12.3. The summed E-state index contributed by atoms with van der Waals surface area (Å²) in [6, 6.07) is 9.22. The van der Waals surface area contributed by atoms with Gasteiger partial charge in [0.2, 0.25) is 5.95 Å². The standard InChI is InChI=1S/C20H26N4O2/c1-14-11-15(2)23-20(22-14)24-9-7-16(8-10-24)13-21-19(25)17-5-4-6-18(12-17)26-3/h4-6,11-12,16H,7-10,13H2,1-3H3,(H,21,25).